The molecule has 1 aliphatic heterocycles. The maximum absolute atomic E-state index is 12.0. The lowest BCUT2D eigenvalue weighted by atomic mass is 10.0. The highest BCUT2D eigenvalue weighted by Crippen LogP contribution is 2.12. The number of hydrogen-bond acceptors (Lipinski definition) is 1. The molecule has 0 saturated carbocycles. The molecule has 1 saturated heterocycles. The lowest BCUT2D eigenvalue weighted by Crippen LogP contribution is -3.14. The van der Waals surface area contributed by atoms with Gasteiger partial charge in [0.05, 0.1) is 13.1 Å². The number of para-hydroxylation sites is 1. The second kappa shape index (κ2) is 6.01. The Morgan fingerprint density at radius 1 is 1.44 bits per heavy atom. The minimum absolute atomic E-state index is 0.133. The van der Waals surface area contributed by atoms with E-state index in [4.69, 9.17) is 0 Å². The number of rotatable bonds is 3. The summed E-state index contributed by atoms with van der Waals surface area (Å²) >= 11 is 0. The number of nitrogens with one attached hydrogen (secondary N) is 2. The molecule has 1 heterocycles. The second-order valence-corrected chi connectivity index (χ2v) is 5.49. The van der Waals surface area contributed by atoms with Crippen LogP contribution in [0.4, 0.5) is 5.69 Å². The molecule has 3 heteroatoms. The van der Waals surface area contributed by atoms with Crippen LogP contribution in [0.3, 0.4) is 0 Å². The quantitative estimate of drug-likeness (QED) is 0.828. The Morgan fingerprint density at radius 3 is 2.94 bits per heavy atom. The van der Waals surface area contributed by atoms with E-state index >= 15 is 0 Å². The van der Waals surface area contributed by atoms with Crippen LogP contribution in [0.25, 0.3) is 0 Å². The van der Waals surface area contributed by atoms with Crippen LogP contribution >= 0.6 is 0 Å². The number of piperidine rings is 1. The van der Waals surface area contributed by atoms with Crippen molar-refractivity contribution in [3.05, 3.63) is 29.8 Å². The average molecular weight is 247 g/mol. The topological polar surface area (TPSA) is 33.5 Å². The third-order valence-corrected chi connectivity index (χ3v) is 3.69. The Morgan fingerprint density at radius 2 is 2.22 bits per heavy atom. The van der Waals surface area contributed by atoms with Gasteiger partial charge in [-0.3, -0.25) is 4.79 Å². The van der Waals surface area contributed by atoms with Gasteiger partial charge in [-0.05, 0) is 31.4 Å². The van der Waals surface area contributed by atoms with Crippen molar-refractivity contribution in [3.63, 3.8) is 0 Å². The normalized spacial score (nSPS) is 23.7. The number of hydrogen-bond donors (Lipinski definition) is 2. The molecule has 18 heavy (non-hydrogen) atoms. The molecule has 1 amide bonds. The van der Waals surface area contributed by atoms with E-state index in [-0.39, 0.29) is 5.91 Å². The van der Waals surface area contributed by atoms with Crippen molar-refractivity contribution >= 4 is 11.6 Å². The fraction of sp³-hybridized carbons (Fsp3) is 0.533. The van der Waals surface area contributed by atoms with E-state index in [1.807, 2.05) is 31.2 Å². The lowest BCUT2D eigenvalue weighted by Gasteiger charge is -2.27. The summed E-state index contributed by atoms with van der Waals surface area (Å²) in [7, 11) is 0. The maximum Gasteiger partial charge on any atom is 0.279 e. The zero-order valence-corrected chi connectivity index (χ0v) is 11.3. The number of carbonyl (C=O) groups excluding carboxylic acids is 1. The molecule has 3 nitrogen and oxygen atoms in total. The standard InChI is InChI=1S/C15H22N2O/c1-12-6-5-9-17(10-12)11-15(18)16-14-8-4-3-7-13(14)2/h3-4,7-8,12H,5-6,9-11H2,1-2H3,(H,16,18)/p+1/t12-/m0/s1. The summed E-state index contributed by atoms with van der Waals surface area (Å²) < 4.78 is 0. The van der Waals surface area contributed by atoms with Crippen molar-refractivity contribution < 1.29 is 9.69 Å². The third kappa shape index (κ3) is 3.57. The molecule has 1 aliphatic rings. The van der Waals surface area contributed by atoms with Crippen molar-refractivity contribution in [1.82, 2.24) is 0 Å². The minimum Gasteiger partial charge on any atom is -0.327 e. The first-order valence-corrected chi connectivity index (χ1v) is 6.84. The van der Waals surface area contributed by atoms with Gasteiger partial charge in [-0.25, -0.2) is 0 Å². The van der Waals surface area contributed by atoms with Gasteiger partial charge in [-0.1, -0.05) is 25.1 Å². The SMILES string of the molecule is Cc1ccccc1NC(=O)C[NH+]1CCC[C@H](C)C1. The fourth-order valence-electron chi connectivity index (χ4n) is 2.69. The summed E-state index contributed by atoms with van der Waals surface area (Å²) in [5, 5.41) is 3.01. The van der Waals surface area contributed by atoms with Crippen molar-refractivity contribution in [1.29, 1.82) is 0 Å². The molecule has 1 unspecified atom stereocenters. The Balaban J connectivity index is 1.87. The van der Waals surface area contributed by atoms with E-state index in [0.717, 1.165) is 30.3 Å². The van der Waals surface area contributed by atoms with E-state index in [0.29, 0.717) is 6.54 Å². The maximum atomic E-state index is 12.0. The number of aryl methyl sites for hydroxylation is 1. The molecule has 1 aromatic rings. The van der Waals surface area contributed by atoms with Gasteiger partial charge >= 0.3 is 0 Å². The number of amides is 1. The third-order valence-electron chi connectivity index (χ3n) is 3.69. The molecule has 2 N–H and O–H groups in total. The molecule has 1 fully saturated rings. The van der Waals surface area contributed by atoms with Crippen LogP contribution in [0.2, 0.25) is 0 Å². The number of benzene rings is 1. The van der Waals surface area contributed by atoms with E-state index in [1.165, 1.54) is 17.7 Å². The zero-order valence-electron chi connectivity index (χ0n) is 11.3. The summed E-state index contributed by atoms with van der Waals surface area (Å²) in [5.74, 6) is 0.883. The largest absolute Gasteiger partial charge is 0.327 e. The van der Waals surface area contributed by atoms with E-state index in [1.54, 1.807) is 0 Å². The van der Waals surface area contributed by atoms with Crippen molar-refractivity contribution in [3.8, 4) is 0 Å². The lowest BCUT2D eigenvalue weighted by molar-refractivity contribution is -0.900. The molecular weight excluding hydrogens is 224 g/mol. The Kier molecular flexibility index (Phi) is 4.37. The van der Waals surface area contributed by atoms with Gasteiger partial charge in [0.1, 0.15) is 0 Å². The summed E-state index contributed by atoms with van der Waals surface area (Å²) in [6, 6.07) is 7.92. The van der Waals surface area contributed by atoms with Crippen LogP contribution in [0.15, 0.2) is 24.3 Å². The zero-order chi connectivity index (χ0) is 13.0. The molecular formula is C15H23N2O+. The predicted octanol–water partition coefficient (Wildman–Crippen LogP) is 1.25. The van der Waals surface area contributed by atoms with Crippen molar-refractivity contribution in [2.75, 3.05) is 25.0 Å². The highest BCUT2D eigenvalue weighted by atomic mass is 16.2. The first-order valence-electron chi connectivity index (χ1n) is 6.84. The first kappa shape index (κ1) is 13.1. The van der Waals surface area contributed by atoms with Crippen LogP contribution in [-0.2, 0) is 4.79 Å². The molecule has 2 atom stereocenters. The predicted molar refractivity (Wildman–Crippen MR) is 73.8 cm³/mol. The van der Waals surface area contributed by atoms with Crippen LogP contribution < -0.4 is 10.2 Å². The van der Waals surface area contributed by atoms with Gasteiger partial charge < -0.3 is 10.2 Å². The Hall–Kier alpha value is -1.35. The van der Waals surface area contributed by atoms with Gasteiger partial charge in [0, 0.05) is 11.6 Å². The monoisotopic (exact) mass is 247 g/mol. The average Bonchev–Trinajstić information content (AvgIpc) is 2.32. The fourth-order valence-corrected chi connectivity index (χ4v) is 2.69. The summed E-state index contributed by atoms with van der Waals surface area (Å²) in [6.45, 7) is 7.15. The molecule has 0 radical (unpaired) electrons. The van der Waals surface area contributed by atoms with Gasteiger partial charge in [-0.15, -0.1) is 0 Å². The number of anilines is 1. The molecule has 0 bridgehead atoms. The van der Waals surface area contributed by atoms with Crippen LogP contribution in [0, 0.1) is 12.8 Å². The molecule has 2 rings (SSSR count). The first-order chi connectivity index (χ1) is 8.65. The summed E-state index contributed by atoms with van der Waals surface area (Å²) in [5.41, 5.74) is 2.06. The molecule has 1 aromatic carbocycles. The highest BCUT2D eigenvalue weighted by molar-refractivity contribution is 5.92. The molecule has 0 aliphatic carbocycles. The number of carbonyl (C=O) groups is 1. The summed E-state index contributed by atoms with van der Waals surface area (Å²) in [4.78, 5) is 13.4. The molecule has 98 valence electrons. The number of quaternary nitrogens is 1. The minimum atomic E-state index is 0.133. The van der Waals surface area contributed by atoms with Crippen molar-refractivity contribution in [2.24, 2.45) is 5.92 Å². The second-order valence-electron chi connectivity index (χ2n) is 5.49. The molecule has 0 spiro atoms. The highest BCUT2D eigenvalue weighted by Gasteiger charge is 2.21. The van der Waals surface area contributed by atoms with Gasteiger partial charge in [0.2, 0.25) is 0 Å². The van der Waals surface area contributed by atoms with E-state index < -0.39 is 0 Å². The van der Waals surface area contributed by atoms with Crippen LogP contribution in [0.1, 0.15) is 25.3 Å². The molecule has 0 aromatic heterocycles. The Bertz CT molecular complexity index is 417. The van der Waals surface area contributed by atoms with Crippen LogP contribution in [0.5, 0.6) is 0 Å². The Labute approximate surface area is 109 Å². The smallest absolute Gasteiger partial charge is 0.279 e. The van der Waals surface area contributed by atoms with Gasteiger partial charge in [0.25, 0.3) is 5.91 Å². The van der Waals surface area contributed by atoms with Gasteiger partial charge in [0.15, 0.2) is 6.54 Å². The van der Waals surface area contributed by atoms with E-state index in [9.17, 15) is 4.79 Å². The number of likely N-dealkylation sites (tertiary alicyclic amines) is 1. The van der Waals surface area contributed by atoms with E-state index in [2.05, 4.69) is 12.2 Å². The van der Waals surface area contributed by atoms with Crippen LogP contribution in [-0.4, -0.2) is 25.5 Å². The van der Waals surface area contributed by atoms with Crippen molar-refractivity contribution in [2.45, 2.75) is 26.7 Å². The summed E-state index contributed by atoms with van der Waals surface area (Å²) in [6.07, 6.45) is 2.55. The van der Waals surface area contributed by atoms with Gasteiger partial charge in [-0.2, -0.15) is 0 Å².